The van der Waals surface area contributed by atoms with Crippen LogP contribution in [-0.4, -0.2) is 19.7 Å². The van der Waals surface area contributed by atoms with Crippen LogP contribution < -0.4 is 9.75 Å². The van der Waals surface area contributed by atoms with Crippen LogP contribution in [0.15, 0.2) is 16.1 Å². The van der Waals surface area contributed by atoms with Gasteiger partial charge in [-0.3, -0.25) is 0 Å². The summed E-state index contributed by atoms with van der Waals surface area (Å²) in [6, 6.07) is 0. The van der Waals surface area contributed by atoms with E-state index in [9.17, 15) is 0 Å². The monoisotopic (exact) mass is 351 g/mol. The van der Waals surface area contributed by atoms with Crippen molar-refractivity contribution in [2.45, 2.75) is 65.7 Å². The van der Waals surface area contributed by atoms with Crippen molar-refractivity contribution in [2.24, 2.45) is 16.3 Å². The molecule has 1 aliphatic heterocycles. The minimum absolute atomic E-state index is 0.501. The summed E-state index contributed by atoms with van der Waals surface area (Å²) in [5.41, 5.74) is 4.26. The average molecular weight is 351 g/mol. The van der Waals surface area contributed by atoms with Gasteiger partial charge < -0.3 is 0 Å². The van der Waals surface area contributed by atoms with Crippen molar-refractivity contribution in [3.8, 4) is 0 Å². The maximum absolute atomic E-state index is 4.94. The Hall–Kier alpha value is -1.22. The van der Waals surface area contributed by atoms with Gasteiger partial charge in [-0.25, -0.2) is 0 Å². The van der Waals surface area contributed by atoms with Gasteiger partial charge in [-0.15, -0.1) is 0 Å². The molecule has 0 spiro atoms. The van der Waals surface area contributed by atoms with Crippen molar-refractivity contribution in [1.29, 1.82) is 0 Å². The van der Waals surface area contributed by atoms with Gasteiger partial charge in [0.05, 0.1) is 0 Å². The van der Waals surface area contributed by atoms with Crippen molar-refractivity contribution >= 4 is 49.3 Å². The van der Waals surface area contributed by atoms with Crippen LogP contribution in [0.4, 0.5) is 5.69 Å². The molecule has 1 fully saturated rings. The van der Waals surface area contributed by atoms with E-state index in [0.29, 0.717) is 11.3 Å². The predicted molar refractivity (Wildman–Crippen MR) is 116 cm³/mol. The van der Waals surface area contributed by atoms with Crippen LogP contribution in [0, 0.1) is 11.3 Å². The van der Waals surface area contributed by atoms with Crippen LogP contribution >= 0.6 is 11.3 Å². The van der Waals surface area contributed by atoms with Gasteiger partial charge in [0, 0.05) is 0 Å². The molecule has 0 saturated heterocycles. The molecule has 0 bridgehead atoms. The third-order valence-corrected chi connectivity index (χ3v) is 7.70. The third kappa shape index (κ3) is 3.05. The standard InChI is InChI=1S/C22H30BNS/c1-6-14(4)16(13-23)11-18-15(5)25-21-19(7-2)22(8-3)12-17(22)9-10-24-20(18)21/h10-11,13,17,19,23H,5-9,12H2,1-4H3/b16-14-,18-11+,24-10+. The Morgan fingerprint density at radius 3 is 2.80 bits per heavy atom. The van der Waals surface area contributed by atoms with E-state index in [1.807, 2.05) is 17.3 Å². The number of nitrogens with zero attached hydrogens (tertiary/aromatic N) is 1. The number of hydrogen-bond acceptors (Lipinski definition) is 2. The Morgan fingerprint density at radius 1 is 1.44 bits per heavy atom. The van der Waals surface area contributed by atoms with Gasteiger partial charge in [0.25, 0.3) is 0 Å². The zero-order chi connectivity index (χ0) is 18.2. The van der Waals surface area contributed by atoms with Crippen molar-refractivity contribution in [3.63, 3.8) is 0 Å². The van der Waals surface area contributed by atoms with Gasteiger partial charge in [0.15, 0.2) is 0 Å². The van der Waals surface area contributed by atoms with E-state index >= 15 is 0 Å². The molecule has 1 saturated carbocycles. The number of fused-ring (bicyclic) bond motifs is 2. The van der Waals surface area contributed by atoms with Crippen LogP contribution in [-0.2, 0) is 0 Å². The summed E-state index contributed by atoms with van der Waals surface area (Å²) in [5.74, 6) is 3.43. The van der Waals surface area contributed by atoms with Gasteiger partial charge in [0.1, 0.15) is 0 Å². The number of hydrogen-bond donors (Lipinski definition) is 0. The average Bonchev–Trinajstić information content (AvgIpc) is 3.23. The summed E-state index contributed by atoms with van der Waals surface area (Å²) in [4.78, 5) is 6.41. The first-order valence-corrected chi connectivity index (χ1v) is 10.5. The molecule has 3 unspecified atom stereocenters. The second-order valence-electron chi connectivity index (χ2n) is 7.59. The summed E-state index contributed by atoms with van der Waals surface area (Å²) in [7, 11) is 4.02. The minimum atomic E-state index is 0.501. The van der Waals surface area contributed by atoms with Gasteiger partial charge in [-0.05, 0) is 0 Å². The molecule has 2 aliphatic rings. The molecule has 132 valence electrons. The Balaban J connectivity index is 2.23. The van der Waals surface area contributed by atoms with E-state index in [0.717, 1.165) is 23.3 Å². The van der Waals surface area contributed by atoms with E-state index < -0.39 is 0 Å². The van der Waals surface area contributed by atoms with Gasteiger partial charge in [-0.1, -0.05) is 0 Å². The normalized spacial score (nSPS) is 30.6. The molecule has 1 aromatic rings. The first-order valence-electron chi connectivity index (χ1n) is 9.70. The third-order valence-electron chi connectivity index (χ3n) is 6.53. The topological polar surface area (TPSA) is 12.4 Å². The second kappa shape index (κ2) is 7.19. The molecular formula is C22H30BNS. The molecule has 0 N–H and O–H groups in total. The quantitative estimate of drug-likeness (QED) is 0.698. The molecule has 1 aliphatic carbocycles. The van der Waals surface area contributed by atoms with Crippen LogP contribution in [0.25, 0.3) is 12.7 Å². The number of thiophene rings is 1. The van der Waals surface area contributed by atoms with Gasteiger partial charge in [-0.2, -0.15) is 0 Å². The number of allylic oxidation sites excluding steroid dienone is 2. The summed E-state index contributed by atoms with van der Waals surface area (Å²) < 4.78 is 1.15. The van der Waals surface area contributed by atoms with Crippen LogP contribution in [0.3, 0.4) is 0 Å². The summed E-state index contributed by atoms with van der Waals surface area (Å²) in [6.07, 6.45) is 10.4. The Bertz CT molecular complexity index is 844. The molecule has 3 atom stereocenters. The van der Waals surface area contributed by atoms with E-state index in [-0.39, 0.29) is 0 Å². The Kier molecular flexibility index (Phi) is 5.34. The molecule has 0 amide bonds. The second-order valence-corrected chi connectivity index (χ2v) is 8.72. The van der Waals surface area contributed by atoms with Crippen LogP contribution in [0.5, 0.6) is 0 Å². The molecule has 0 radical (unpaired) electrons. The maximum atomic E-state index is 4.94. The first-order chi connectivity index (χ1) is 12.0. The SMILES string of the molecule is B=CC(/C=c1/c2c(sc1=C)C(CC)C1(CC)CC1C/C=N/2)=C(/C)CC. The molecule has 2 heterocycles. The molecule has 3 rings (SSSR count). The zero-order valence-corrected chi connectivity index (χ0v) is 17.0. The van der Waals surface area contributed by atoms with E-state index in [1.54, 1.807) is 0 Å². The predicted octanol–water partition coefficient (Wildman–Crippen LogP) is 4.38. The van der Waals surface area contributed by atoms with Crippen LogP contribution in [0.2, 0.25) is 0 Å². The van der Waals surface area contributed by atoms with E-state index in [4.69, 9.17) is 4.99 Å². The Labute approximate surface area is 157 Å². The van der Waals surface area contributed by atoms with Gasteiger partial charge in [0.2, 0.25) is 0 Å². The molecule has 25 heavy (non-hydrogen) atoms. The first kappa shape index (κ1) is 18.6. The van der Waals surface area contributed by atoms with E-state index in [1.165, 1.54) is 46.2 Å². The number of rotatable bonds is 5. The molecular weight excluding hydrogens is 321 g/mol. The molecule has 3 heteroatoms. The van der Waals surface area contributed by atoms with E-state index in [2.05, 4.69) is 54.1 Å². The van der Waals surface area contributed by atoms with Crippen molar-refractivity contribution < 1.29 is 0 Å². The molecule has 1 nitrogen and oxygen atoms in total. The molecule has 1 aromatic heterocycles. The van der Waals surface area contributed by atoms with Crippen molar-refractivity contribution in [3.05, 3.63) is 25.8 Å². The fourth-order valence-electron chi connectivity index (χ4n) is 4.68. The summed E-state index contributed by atoms with van der Waals surface area (Å²) >= 11 is 1.88. The number of aliphatic imine (C=N–C) groups is 1. The fraction of sp³-hybridized carbons (Fsp3) is 0.545. The summed E-state index contributed by atoms with van der Waals surface area (Å²) in [5, 5.41) is 1.21. The van der Waals surface area contributed by atoms with Crippen LogP contribution in [0.1, 0.15) is 70.6 Å². The summed E-state index contributed by atoms with van der Waals surface area (Å²) in [6.45, 7) is 13.5. The fourth-order valence-corrected chi connectivity index (χ4v) is 6.02. The molecule has 0 aromatic carbocycles. The van der Waals surface area contributed by atoms with Gasteiger partial charge >= 0.3 is 157 Å². The van der Waals surface area contributed by atoms with Crippen molar-refractivity contribution in [2.75, 3.05) is 0 Å². The van der Waals surface area contributed by atoms with Crippen molar-refractivity contribution in [1.82, 2.24) is 0 Å². The zero-order valence-electron chi connectivity index (χ0n) is 16.2. The Morgan fingerprint density at radius 2 is 2.20 bits per heavy atom.